The van der Waals surface area contributed by atoms with Crippen LogP contribution in [0.25, 0.3) is 11.8 Å². The van der Waals surface area contributed by atoms with Crippen molar-refractivity contribution in [1.82, 2.24) is 4.57 Å². The molecular weight excluding hydrogens is 532 g/mol. The van der Waals surface area contributed by atoms with Gasteiger partial charge in [0.2, 0.25) is 0 Å². The number of phenols is 1. The molecule has 168 valence electrons. The number of fused-ring (bicyclic) bond motifs is 3. The summed E-state index contributed by atoms with van der Waals surface area (Å²) in [6.45, 7) is 0. The number of allylic oxidation sites excluding steroid dienone is 1. The van der Waals surface area contributed by atoms with Crippen molar-refractivity contribution < 1.29 is 5.11 Å². The van der Waals surface area contributed by atoms with Crippen molar-refractivity contribution in [2.45, 2.75) is 18.9 Å². The number of nitrogens with zero attached hydrogens (tertiary/aromatic N) is 2. The second-order valence-corrected chi connectivity index (χ2v) is 10.7. The molecule has 4 nitrogen and oxygen atoms in total. The van der Waals surface area contributed by atoms with Crippen LogP contribution in [0.4, 0.5) is 0 Å². The Morgan fingerprint density at radius 2 is 1.88 bits per heavy atom. The molecule has 6 rings (SSSR count). The van der Waals surface area contributed by atoms with Gasteiger partial charge in [0.25, 0.3) is 5.56 Å². The van der Waals surface area contributed by atoms with E-state index in [1.165, 1.54) is 23.0 Å². The molecule has 0 fully saturated rings. The van der Waals surface area contributed by atoms with Crippen molar-refractivity contribution in [3.05, 3.63) is 124 Å². The highest BCUT2D eigenvalue weighted by atomic mass is 79.9. The summed E-state index contributed by atoms with van der Waals surface area (Å²) >= 11 is 11.0. The van der Waals surface area contributed by atoms with Gasteiger partial charge in [-0.15, -0.1) is 0 Å². The third-order valence-electron chi connectivity index (χ3n) is 6.33. The van der Waals surface area contributed by atoms with Crippen LogP contribution in [0.2, 0.25) is 5.02 Å². The fourth-order valence-electron chi connectivity index (χ4n) is 4.75. The molecule has 7 heteroatoms. The normalized spacial score (nSPS) is 17.1. The van der Waals surface area contributed by atoms with E-state index in [9.17, 15) is 9.90 Å². The van der Waals surface area contributed by atoms with Crippen molar-refractivity contribution in [1.29, 1.82) is 0 Å². The first-order valence-corrected chi connectivity index (χ1v) is 12.9. The lowest BCUT2D eigenvalue weighted by Gasteiger charge is -2.30. The van der Waals surface area contributed by atoms with Crippen LogP contribution >= 0.6 is 38.9 Å². The maximum atomic E-state index is 13.7. The number of aryl methyl sites for hydroxylation is 1. The minimum absolute atomic E-state index is 0.0768. The van der Waals surface area contributed by atoms with Crippen molar-refractivity contribution in [2.24, 2.45) is 4.99 Å². The van der Waals surface area contributed by atoms with Gasteiger partial charge >= 0.3 is 0 Å². The first-order valence-electron chi connectivity index (χ1n) is 10.9. The van der Waals surface area contributed by atoms with Gasteiger partial charge in [-0.25, -0.2) is 4.99 Å². The Morgan fingerprint density at radius 3 is 2.71 bits per heavy atom. The number of hydrogen-bond acceptors (Lipinski definition) is 4. The molecular formula is C27H18BrClN2O2S. The van der Waals surface area contributed by atoms with E-state index in [2.05, 4.69) is 46.3 Å². The summed E-state index contributed by atoms with van der Waals surface area (Å²) in [5.74, 6) is 0.0768. The number of aromatic hydroxyl groups is 1. The molecule has 4 aromatic rings. The lowest BCUT2D eigenvalue weighted by atomic mass is 9.83. The maximum Gasteiger partial charge on any atom is 0.271 e. The standard InChI is InChI=1S/C27H18BrClN2O2S/c28-18-8-5-16(6-9-18)25-21-11-7-15-3-1-2-4-20(15)24(21)30-27-31(25)26(33)23(34-27)14-17-13-19(29)10-12-22(17)32/h1-6,8-10,12-14,25,32H,7,11H2/b23-14+/t25-/m1/s1. The molecule has 3 aromatic carbocycles. The van der Waals surface area contributed by atoms with Gasteiger partial charge < -0.3 is 5.11 Å². The summed E-state index contributed by atoms with van der Waals surface area (Å²) < 4.78 is 3.29. The van der Waals surface area contributed by atoms with E-state index in [0.717, 1.165) is 39.7 Å². The highest BCUT2D eigenvalue weighted by Gasteiger charge is 2.32. The molecule has 1 aromatic heterocycles. The zero-order valence-corrected chi connectivity index (χ0v) is 21.0. The van der Waals surface area contributed by atoms with Gasteiger partial charge in [0.05, 0.1) is 16.3 Å². The molecule has 0 saturated heterocycles. The van der Waals surface area contributed by atoms with E-state index in [4.69, 9.17) is 16.6 Å². The molecule has 0 radical (unpaired) electrons. The molecule has 1 atom stereocenters. The third kappa shape index (κ3) is 3.57. The van der Waals surface area contributed by atoms with Gasteiger partial charge in [0.15, 0.2) is 4.80 Å². The molecule has 0 spiro atoms. The van der Waals surface area contributed by atoms with Crippen LogP contribution in [0.3, 0.4) is 0 Å². The SMILES string of the molecule is O=c1/c(=C\c2cc(Cl)ccc2O)sc2n1[C@H](c1ccc(Br)cc1)C1=C(N=2)c2ccccc2CC1. The second-order valence-electron chi connectivity index (χ2n) is 8.37. The van der Waals surface area contributed by atoms with E-state index < -0.39 is 0 Å². The Bertz CT molecular complexity index is 1670. The van der Waals surface area contributed by atoms with Gasteiger partial charge in [-0.1, -0.05) is 75.3 Å². The van der Waals surface area contributed by atoms with Crippen molar-refractivity contribution in [2.75, 3.05) is 0 Å². The summed E-state index contributed by atoms with van der Waals surface area (Å²) in [4.78, 5) is 19.4. The molecule has 1 N–H and O–H groups in total. The third-order valence-corrected chi connectivity index (χ3v) is 8.08. The Balaban J connectivity index is 1.64. The van der Waals surface area contributed by atoms with Crippen molar-refractivity contribution >= 4 is 50.6 Å². The molecule has 1 aliphatic heterocycles. The van der Waals surface area contributed by atoms with Crippen LogP contribution in [0, 0.1) is 0 Å². The quantitative estimate of drug-likeness (QED) is 0.362. The lowest BCUT2D eigenvalue weighted by molar-refractivity contribution is 0.474. The zero-order valence-electron chi connectivity index (χ0n) is 17.8. The molecule has 0 bridgehead atoms. The van der Waals surface area contributed by atoms with Gasteiger partial charge in [-0.2, -0.15) is 0 Å². The van der Waals surface area contributed by atoms with Gasteiger partial charge in [0.1, 0.15) is 5.75 Å². The average Bonchev–Trinajstić information content (AvgIpc) is 3.15. The fraction of sp³-hybridized carbons (Fsp3) is 0.111. The lowest BCUT2D eigenvalue weighted by Crippen LogP contribution is -2.38. The molecule has 34 heavy (non-hydrogen) atoms. The molecule has 0 saturated carbocycles. The Hall–Kier alpha value is -2.93. The van der Waals surface area contributed by atoms with E-state index in [1.807, 2.05) is 18.2 Å². The highest BCUT2D eigenvalue weighted by Crippen LogP contribution is 2.41. The number of hydrogen-bond donors (Lipinski definition) is 1. The van der Waals surface area contributed by atoms with Crippen molar-refractivity contribution in [3.63, 3.8) is 0 Å². The maximum absolute atomic E-state index is 13.7. The van der Waals surface area contributed by atoms with Gasteiger partial charge in [0, 0.05) is 20.6 Å². The first kappa shape index (κ1) is 21.6. The largest absolute Gasteiger partial charge is 0.507 e. The number of halogens is 2. The Morgan fingerprint density at radius 1 is 1.09 bits per heavy atom. The van der Waals surface area contributed by atoms with E-state index in [0.29, 0.717) is 19.9 Å². The Kier molecular flexibility index (Phi) is 5.32. The summed E-state index contributed by atoms with van der Waals surface area (Å²) in [6, 6.07) is 21.1. The first-order chi connectivity index (χ1) is 16.5. The van der Waals surface area contributed by atoms with Crippen LogP contribution in [0.1, 0.15) is 34.7 Å². The number of benzene rings is 3. The predicted molar refractivity (Wildman–Crippen MR) is 140 cm³/mol. The summed E-state index contributed by atoms with van der Waals surface area (Å²) in [5.41, 5.74) is 5.97. The highest BCUT2D eigenvalue weighted by molar-refractivity contribution is 9.10. The molecule has 0 amide bonds. The molecule has 0 unspecified atom stereocenters. The summed E-state index contributed by atoms with van der Waals surface area (Å²) in [6.07, 6.45) is 3.45. The van der Waals surface area contributed by atoms with E-state index >= 15 is 0 Å². The number of thiazole rings is 1. The van der Waals surface area contributed by atoms with E-state index in [-0.39, 0.29) is 17.4 Å². The number of aromatic nitrogens is 1. The zero-order chi connectivity index (χ0) is 23.4. The summed E-state index contributed by atoms with van der Waals surface area (Å²) in [7, 11) is 0. The molecule has 1 aliphatic carbocycles. The minimum Gasteiger partial charge on any atom is -0.507 e. The summed E-state index contributed by atoms with van der Waals surface area (Å²) in [5, 5.41) is 10.8. The van der Waals surface area contributed by atoms with Crippen molar-refractivity contribution in [3.8, 4) is 5.75 Å². The monoisotopic (exact) mass is 548 g/mol. The van der Waals surface area contributed by atoms with Crippen LogP contribution < -0.4 is 14.9 Å². The van der Waals surface area contributed by atoms with Crippen LogP contribution in [-0.4, -0.2) is 9.67 Å². The topological polar surface area (TPSA) is 54.6 Å². The predicted octanol–water partition coefficient (Wildman–Crippen LogP) is 5.44. The fourth-order valence-corrected chi connectivity index (χ4v) is 6.19. The van der Waals surface area contributed by atoms with Gasteiger partial charge in [-0.3, -0.25) is 9.36 Å². The van der Waals surface area contributed by atoms with Crippen LogP contribution in [-0.2, 0) is 6.42 Å². The minimum atomic E-state index is -0.234. The number of phenolic OH excluding ortho intramolecular Hbond substituents is 1. The van der Waals surface area contributed by atoms with E-state index in [1.54, 1.807) is 22.8 Å². The van der Waals surface area contributed by atoms with Crippen LogP contribution in [0.15, 0.2) is 86.6 Å². The van der Waals surface area contributed by atoms with Crippen LogP contribution in [0.5, 0.6) is 5.75 Å². The molecule has 2 aliphatic rings. The molecule has 2 heterocycles. The Labute approximate surface area is 212 Å². The smallest absolute Gasteiger partial charge is 0.271 e. The average molecular weight is 550 g/mol. The van der Waals surface area contributed by atoms with Gasteiger partial charge in [-0.05, 0) is 65.9 Å². The second kappa shape index (κ2) is 8.38. The number of rotatable bonds is 2.